The van der Waals surface area contributed by atoms with E-state index in [1.54, 1.807) is 6.07 Å². The third kappa shape index (κ3) is 3.84. The van der Waals surface area contributed by atoms with E-state index < -0.39 is 17.7 Å². The summed E-state index contributed by atoms with van der Waals surface area (Å²) in [6.45, 7) is 1.78. The Morgan fingerprint density at radius 3 is 2.74 bits per heavy atom. The standard InChI is InChI=1S/C16H18F3NO3/c17-16(18,19)14-4-2-1-3-11(14)12-7-13(12)15(21)20-8-10-9-22-5-6-23-10/h1-4,10,12-13H,5-9H2,(H,20,21). The molecule has 0 aromatic heterocycles. The molecule has 0 radical (unpaired) electrons. The fourth-order valence-electron chi connectivity index (χ4n) is 2.91. The van der Waals surface area contributed by atoms with E-state index in [2.05, 4.69) is 5.32 Å². The van der Waals surface area contributed by atoms with Crippen LogP contribution in [0.4, 0.5) is 13.2 Å². The summed E-state index contributed by atoms with van der Waals surface area (Å²) in [6, 6.07) is 5.46. The summed E-state index contributed by atoms with van der Waals surface area (Å²) >= 11 is 0. The minimum absolute atomic E-state index is 0.188. The molecule has 3 rings (SSSR count). The summed E-state index contributed by atoms with van der Waals surface area (Å²) in [5.41, 5.74) is -0.443. The second kappa shape index (κ2) is 6.49. The molecule has 1 amide bonds. The quantitative estimate of drug-likeness (QED) is 0.922. The largest absolute Gasteiger partial charge is 0.416 e. The Kier molecular flexibility index (Phi) is 4.59. The molecular formula is C16H18F3NO3. The van der Waals surface area contributed by atoms with Gasteiger partial charge in [0.15, 0.2) is 0 Å². The van der Waals surface area contributed by atoms with Crippen molar-refractivity contribution in [3.8, 4) is 0 Å². The molecule has 3 unspecified atom stereocenters. The number of halogens is 3. The fraction of sp³-hybridized carbons (Fsp3) is 0.562. The van der Waals surface area contributed by atoms with Crippen LogP contribution < -0.4 is 5.32 Å². The van der Waals surface area contributed by atoms with Crippen LogP contribution in [0.1, 0.15) is 23.5 Å². The first-order valence-electron chi connectivity index (χ1n) is 7.60. The Morgan fingerprint density at radius 1 is 1.26 bits per heavy atom. The van der Waals surface area contributed by atoms with Crippen molar-refractivity contribution in [3.63, 3.8) is 0 Å². The maximum atomic E-state index is 13.0. The molecule has 1 N–H and O–H groups in total. The number of amides is 1. The van der Waals surface area contributed by atoms with Crippen LogP contribution in [0.3, 0.4) is 0 Å². The monoisotopic (exact) mass is 329 g/mol. The van der Waals surface area contributed by atoms with E-state index in [1.807, 2.05) is 0 Å². The Balaban J connectivity index is 1.58. The molecule has 1 saturated heterocycles. The van der Waals surface area contributed by atoms with Crippen molar-refractivity contribution in [1.82, 2.24) is 5.32 Å². The minimum Gasteiger partial charge on any atom is -0.376 e. The molecule has 7 heteroatoms. The number of benzene rings is 1. The maximum Gasteiger partial charge on any atom is 0.416 e. The highest BCUT2D eigenvalue weighted by Gasteiger charge is 2.47. The number of carbonyl (C=O) groups excluding carboxylic acids is 1. The molecule has 0 bridgehead atoms. The summed E-state index contributed by atoms with van der Waals surface area (Å²) in [4.78, 5) is 12.1. The average Bonchev–Trinajstić information content (AvgIpc) is 3.33. The summed E-state index contributed by atoms with van der Waals surface area (Å²) < 4.78 is 49.7. The van der Waals surface area contributed by atoms with Crippen LogP contribution in [0.15, 0.2) is 24.3 Å². The fourth-order valence-corrected chi connectivity index (χ4v) is 2.91. The predicted octanol–water partition coefficient (Wildman–Crippen LogP) is 2.34. The first-order chi connectivity index (χ1) is 11.0. The van der Waals surface area contributed by atoms with Gasteiger partial charge in [-0.3, -0.25) is 4.79 Å². The normalized spacial score (nSPS) is 27.5. The van der Waals surface area contributed by atoms with Gasteiger partial charge < -0.3 is 14.8 Å². The molecule has 2 aliphatic rings. The molecular weight excluding hydrogens is 311 g/mol. The molecule has 4 nitrogen and oxygen atoms in total. The van der Waals surface area contributed by atoms with E-state index in [9.17, 15) is 18.0 Å². The molecule has 126 valence electrons. The highest BCUT2D eigenvalue weighted by atomic mass is 19.4. The van der Waals surface area contributed by atoms with Crippen molar-refractivity contribution in [2.24, 2.45) is 5.92 Å². The van der Waals surface area contributed by atoms with Crippen molar-refractivity contribution >= 4 is 5.91 Å². The average molecular weight is 329 g/mol. The van der Waals surface area contributed by atoms with Crippen molar-refractivity contribution in [2.45, 2.75) is 24.6 Å². The second-order valence-corrected chi connectivity index (χ2v) is 5.85. The third-order valence-electron chi connectivity index (χ3n) is 4.18. The molecule has 1 saturated carbocycles. The number of carbonyl (C=O) groups is 1. The zero-order valence-electron chi connectivity index (χ0n) is 12.4. The summed E-state index contributed by atoms with van der Waals surface area (Å²) in [7, 11) is 0. The van der Waals surface area contributed by atoms with Crippen molar-refractivity contribution in [1.29, 1.82) is 0 Å². The molecule has 1 aliphatic heterocycles. The number of ether oxygens (including phenoxy) is 2. The molecule has 1 aliphatic carbocycles. The molecule has 1 aromatic carbocycles. The Hall–Kier alpha value is -1.60. The van der Waals surface area contributed by atoms with Crippen LogP contribution in [0.5, 0.6) is 0 Å². The van der Waals surface area contributed by atoms with E-state index in [0.29, 0.717) is 32.8 Å². The molecule has 1 heterocycles. The van der Waals surface area contributed by atoms with Gasteiger partial charge in [-0.1, -0.05) is 18.2 Å². The zero-order valence-corrected chi connectivity index (χ0v) is 12.4. The van der Waals surface area contributed by atoms with Crippen molar-refractivity contribution < 1.29 is 27.4 Å². The van der Waals surface area contributed by atoms with Gasteiger partial charge in [0.2, 0.25) is 5.91 Å². The maximum absolute atomic E-state index is 13.0. The minimum atomic E-state index is -4.40. The Labute approximate surface area is 132 Å². The van der Waals surface area contributed by atoms with Crippen LogP contribution in [0.25, 0.3) is 0 Å². The third-order valence-corrected chi connectivity index (χ3v) is 4.18. The van der Waals surface area contributed by atoms with Gasteiger partial charge in [-0.05, 0) is 24.0 Å². The van der Waals surface area contributed by atoms with E-state index >= 15 is 0 Å². The SMILES string of the molecule is O=C(NCC1COCCO1)C1CC1c1ccccc1C(F)(F)F. The van der Waals surface area contributed by atoms with Gasteiger partial charge in [0, 0.05) is 12.5 Å². The van der Waals surface area contributed by atoms with Gasteiger partial charge in [0.25, 0.3) is 0 Å². The van der Waals surface area contributed by atoms with Gasteiger partial charge in [-0.15, -0.1) is 0 Å². The van der Waals surface area contributed by atoms with Gasteiger partial charge in [-0.25, -0.2) is 0 Å². The first-order valence-corrected chi connectivity index (χ1v) is 7.60. The number of alkyl halides is 3. The number of nitrogens with one attached hydrogen (secondary N) is 1. The lowest BCUT2D eigenvalue weighted by Crippen LogP contribution is -2.40. The van der Waals surface area contributed by atoms with Crippen LogP contribution in [0, 0.1) is 5.92 Å². The smallest absolute Gasteiger partial charge is 0.376 e. The molecule has 2 fully saturated rings. The van der Waals surface area contributed by atoms with Crippen LogP contribution >= 0.6 is 0 Å². The van der Waals surface area contributed by atoms with Gasteiger partial charge in [0.05, 0.1) is 31.5 Å². The van der Waals surface area contributed by atoms with Gasteiger partial charge in [-0.2, -0.15) is 13.2 Å². The lowest BCUT2D eigenvalue weighted by Gasteiger charge is -2.23. The van der Waals surface area contributed by atoms with Crippen LogP contribution in [-0.2, 0) is 20.4 Å². The number of hydrogen-bond acceptors (Lipinski definition) is 3. The van der Waals surface area contributed by atoms with E-state index in [1.165, 1.54) is 12.1 Å². The van der Waals surface area contributed by atoms with Gasteiger partial charge >= 0.3 is 6.18 Å². The second-order valence-electron chi connectivity index (χ2n) is 5.85. The van der Waals surface area contributed by atoms with E-state index in [0.717, 1.165) is 6.07 Å². The highest BCUT2D eigenvalue weighted by Crippen LogP contribution is 2.50. The predicted molar refractivity (Wildman–Crippen MR) is 75.9 cm³/mol. The van der Waals surface area contributed by atoms with Gasteiger partial charge in [0.1, 0.15) is 0 Å². The van der Waals surface area contributed by atoms with Crippen molar-refractivity contribution in [2.75, 3.05) is 26.4 Å². The molecule has 3 atom stereocenters. The highest BCUT2D eigenvalue weighted by molar-refractivity contribution is 5.83. The Morgan fingerprint density at radius 2 is 2.04 bits per heavy atom. The van der Waals surface area contributed by atoms with Crippen molar-refractivity contribution in [3.05, 3.63) is 35.4 Å². The molecule has 23 heavy (non-hydrogen) atoms. The lowest BCUT2D eigenvalue weighted by atomic mass is 10.0. The number of hydrogen-bond donors (Lipinski definition) is 1. The number of rotatable bonds is 4. The van der Waals surface area contributed by atoms with Crippen LogP contribution in [-0.4, -0.2) is 38.4 Å². The summed E-state index contributed by atoms with van der Waals surface area (Å²) in [5, 5.41) is 2.75. The van der Waals surface area contributed by atoms with Crippen LogP contribution in [0.2, 0.25) is 0 Å². The first kappa shape index (κ1) is 16.3. The summed E-state index contributed by atoms with van der Waals surface area (Å²) in [6.07, 6.45) is -4.14. The summed E-state index contributed by atoms with van der Waals surface area (Å²) in [5.74, 6) is -0.986. The zero-order chi connectivity index (χ0) is 16.4. The molecule has 1 aromatic rings. The van der Waals surface area contributed by atoms with E-state index in [4.69, 9.17) is 9.47 Å². The molecule has 0 spiro atoms. The van der Waals surface area contributed by atoms with E-state index in [-0.39, 0.29) is 23.5 Å². The lowest BCUT2D eigenvalue weighted by molar-refractivity contribution is -0.138. The Bertz CT molecular complexity index is 570. The topological polar surface area (TPSA) is 47.6 Å².